The minimum absolute atomic E-state index is 0.0642. The first-order chi connectivity index (χ1) is 16.0. The summed E-state index contributed by atoms with van der Waals surface area (Å²) in [5, 5.41) is 13.6. The van der Waals surface area contributed by atoms with Crippen LogP contribution in [0.25, 0.3) is 5.13 Å². The molecule has 1 aliphatic heterocycles. The number of anilines is 1. The third-order valence-corrected chi connectivity index (χ3v) is 6.89. The molecular formula is C24H31N5O3S. The highest BCUT2D eigenvalue weighted by molar-refractivity contribution is 7.17. The lowest BCUT2D eigenvalue weighted by Gasteiger charge is -2.31. The molecule has 3 aromatic rings. The summed E-state index contributed by atoms with van der Waals surface area (Å²) in [5.41, 5.74) is 3.25. The van der Waals surface area contributed by atoms with Crippen molar-refractivity contribution >= 4 is 22.4 Å². The molecule has 1 unspecified atom stereocenters. The Balaban J connectivity index is 1.37. The quantitative estimate of drug-likeness (QED) is 0.539. The highest BCUT2D eigenvalue weighted by atomic mass is 32.1. The number of hydrogen-bond acceptors (Lipinski definition) is 7. The van der Waals surface area contributed by atoms with Gasteiger partial charge in [-0.15, -0.1) is 10.2 Å². The van der Waals surface area contributed by atoms with Crippen LogP contribution in [0.15, 0.2) is 30.3 Å². The van der Waals surface area contributed by atoms with Crippen molar-refractivity contribution in [3.8, 4) is 16.6 Å². The predicted molar refractivity (Wildman–Crippen MR) is 130 cm³/mol. The zero-order valence-corrected chi connectivity index (χ0v) is 20.4. The maximum atomic E-state index is 12.9. The average Bonchev–Trinajstić information content (AvgIpc) is 3.44. The van der Waals surface area contributed by atoms with Crippen molar-refractivity contribution in [1.82, 2.24) is 20.1 Å². The van der Waals surface area contributed by atoms with Crippen molar-refractivity contribution in [3.63, 3.8) is 0 Å². The smallest absolute Gasteiger partial charge is 0.225 e. The second kappa shape index (κ2) is 10.2. The van der Waals surface area contributed by atoms with Gasteiger partial charge in [0.05, 0.1) is 19.6 Å². The van der Waals surface area contributed by atoms with Gasteiger partial charge in [-0.05, 0) is 63.4 Å². The van der Waals surface area contributed by atoms with Crippen molar-refractivity contribution < 1.29 is 14.3 Å². The average molecular weight is 470 g/mol. The van der Waals surface area contributed by atoms with E-state index in [9.17, 15) is 4.79 Å². The van der Waals surface area contributed by atoms with E-state index in [0.29, 0.717) is 31.2 Å². The molecule has 1 atom stereocenters. The molecule has 1 aromatic carbocycles. The number of carbonyl (C=O) groups is 1. The second-order valence-corrected chi connectivity index (χ2v) is 9.17. The van der Waals surface area contributed by atoms with Crippen LogP contribution in [-0.2, 0) is 11.3 Å². The Bertz CT molecular complexity index is 1090. The first-order valence-corrected chi connectivity index (χ1v) is 12.1. The van der Waals surface area contributed by atoms with Crippen LogP contribution in [0.5, 0.6) is 11.5 Å². The Kier molecular flexibility index (Phi) is 7.17. The third-order valence-electron chi connectivity index (χ3n) is 5.92. The lowest BCUT2D eigenvalue weighted by molar-refractivity contribution is -0.125. The normalized spacial score (nSPS) is 16.0. The molecule has 8 nitrogen and oxygen atoms in total. The summed E-state index contributed by atoms with van der Waals surface area (Å²) in [7, 11) is 1.62. The van der Waals surface area contributed by atoms with E-state index in [1.807, 2.05) is 25.1 Å². The number of aryl methyl sites for hydroxylation is 2. The number of hydrogen-bond donors (Lipinski definition) is 1. The van der Waals surface area contributed by atoms with Gasteiger partial charge in [-0.1, -0.05) is 17.4 Å². The molecular weight excluding hydrogens is 438 g/mol. The molecule has 3 heterocycles. The van der Waals surface area contributed by atoms with E-state index < -0.39 is 0 Å². The summed E-state index contributed by atoms with van der Waals surface area (Å²) < 4.78 is 13.1. The molecule has 2 aromatic heterocycles. The largest absolute Gasteiger partial charge is 0.493 e. The summed E-state index contributed by atoms with van der Waals surface area (Å²) in [6.45, 7) is 8.63. The molecule has 0 radical (unpaired) electrons. The molecule has 1 aliphatic rings. The Labute approximate surface area is 198 Å². The predicted octanol–water partition coefficient (Wildman–Crippen LogP) is 3.89. The van der Waals surface area contributed by atoms with Gasteiger partial charge < -0.3 is 19.7 Å². The lowest BCUT2D eigenvalue weighted by atomic mass is 9.97. The monoisotopic (exact) mass is 469 g/mol. The van der Waals surface area contributed by atoms with E-state index in [0.717, 1.165) is 46.6 Å². The minimum Gasteiger partial charge on any atom is -0.493 e. The highest BCUT2D eigenvalue weighted by Crippen LogP contribution is 2.30. The topological polar surface area (TPSA) is 81.5 Å². The maximum Gasteiger partial charge on any atom is 0.225 e. The van der Waals surface area contributed by atoms with E-state index in [1.54, 1.807) is 18.4 Å². The molecule has 0 aliphatic carbocycles. The fourth-order valence-electron chi connectivity index (χ4n) is 4.19. The number of nitrogens with zero attached hydrogens (tertiary/aromatic N) is 4. The number of aromatic nitrogens is 3. The minimum atomic E-state index is -0.0780. The fraction of sp³-hybridized carbons (Fsp3) is 0.458. The van der Waals surface area contributed by atoms with Gasteiger partial charge in [0.15, 0.2) is 11.5 Å². The second-order valence-electron chi connectivity index (χ2n) is 8.24. The first-order valence-electron chi connectivity index (χ1n) is 11.3. The van der Waals surface area contributed by atoms with Crippen molar-refractivity contribution in [2.24, 2.45) is 5.92 Å². The summed E-state index contributed by atoms with van der Waals surface area (Å²) in [6, 6.07) is 9.91. The summed E-state index contributed by atoms with van der Waals surface area (Å²) in [4.78, 5) is 15.1. The molecule has 9 heteroatoms. The van der Waals surface area contributed by atoms with Crippen LogP contribution >= 0.6 is 11.3 Å². The number of benzene rings is 1. The SMILES string of the molecule is CCOc1ccc(CNC(=O)C2CCCN(c3nnc(-n4c(C)ccc4C)s3)C2)cc1OC. The number of carbonyl (C=O) groups excluding carboxylic acids is 1. The van der Waals surface area contributed by atoms with Crippen molar-refractivity contribution in [1.29, 1.82) is 0 Å². The van der Waals surface area contributed by atoms with E-state index in [-0.39, 0.29) is 11.8 Å². The standard InChI is InChI=1S/C24H31N5O3S/c1-5-32-20-11-10-18(13-21(20)31-4)14-25-22(30)19-7-6-12-28(15-19)23-26-27-24(33-23)29-16(2)8-9-17(29)3/h8-11,13,19H,5-7,12,14-15H2,1-4H3,(H,25,30). The molecule has 0 bridgehead atoms. The molecule has 4 rings (SSSR count). The van der Waals surface area contributed by atoms with Gasteiger partial charge in [0.1, 0.15) is 0 Å². The van der Waals surface area contributed by atoms with Crippen molar-refractivity contribution in [3.05, 3.63) is 47.3 Å². The fourth-order valence-corrected chi connectivity index (χ4v) is 5.19. The summed E-state index contributed by atoms with van der Waals surface area (Å²) in [5.74, 6) is 1.37. The van der Waals surface area contributed by atoms with Gasteiger partial charge in [-0.3, -0.25) is 9.36 Å². The Morgan fingerprint density at radius 1 is 1.15 bits per heavy atom. The summed E-state index contributed by atoms with van der Waals surface area (Å²) >= 11 is 1.57. The van der Waals surface area contributed by atoms with Gasteiger partial charge in [0.25, 0.3) is 0 Å². The van der Waals surface area contributed by atoms with Crippen molar-refractivity contribution in [2.45, 2.75) is 40.2 Å². The van der Waals surface area contributed by atoms with Crippen molar-refractivity contribution in [2.75, 3.05) is 31.7 Å². The Hall–Kier alpha value is -3.07. The molecule has 33 heavy (non-hydrogen) atoms. The van der Waals surface area contributed by atoms with E-state index in [4.69, 9.17) is 9.47 Å². The summed E-state index contributed by atoms with van der Waals surface area (Å²) in [6.07, 6.45) is 1.82. The molecule has 0 spiro atoms. The molecule has 1 fully saturated rings. The first kappa shape index (κ1) is 23.1. The van der Waals surface area contributed by atoms with Crippen LogP contribution in [0.1, 0.15) is 36.7 Å². The molecule has 1 amide bonds. The van der Waals surface area contributed by atoms with Crippen LogP contribution in [0.3, 0.4) is 0 Å². The Morgan fingerprint density at radius 2 is 1.91 bits per heavy atom. The number of piperidine rings is 1. The number of nitrogens with one attached hydrogen (secondary N) is 1. The van der Waals surface area contributed by atoms with Crippen LogP contribution < -0.4 is 19.7 Å². The van der Waals surface area contributed by atoms with Gasteiger partial charge in [0.2, 0.25) is 16.2 Å². The van der Waals surface area contributed by atoms with E-state index >= 15 is 0 Å². The van der Waals surface area contributed by atoms with Gasteiger partial charge >= 0.3 is 0 Å². The van der Waals surface area contributed by atoms with Crippen LogP contribution in [0.4, 0.5) is 5.13 Å². The van der Waals surface area contributed by atoms with Gasteiger partial charge in [-0.2, -0.15) is 0 Å². The molecule has 176 valence electrons. The zero-order chi connectivity index (χ0) is 23.4. The van der Waals surface area contributed by atoms with E-state index in [1.165, 1.54) is 0 Å². The number of rotatable bonds is 8. The number of methoxy groups -OCH3 is 1. The molecule has 1 saturated heterocycles. The molecule has 1 N–H and O–H groups in total. The highest BCUT2D eigenvalue weighted by Gasteiger charge is 2.28. The van der Waals surface area contributed by atoms with Crippen LogP contribution in [-0.4, -0.2) is 47.5 Å². The lowest BCUT2D eigenvalue weighted by Crippen LogP contribution is -2.43. The van der Waals surface area contributed by atoms with Gasteiger partial charge in [-0.25, -0.2) is 0 Å². The van der Waals surface area contributed by atoms with E-state index in [2.05, 4.69) is 51.0 Å². The maximum absolute atomic E-state index is 12.9. The number of amides is 1. The number of ether oxygens (including phenoxy) is 2. The third kappa shape index (κ3) is 5.13. The van der Waals surface area contributed by atoms with Crippen LogP contribution in [0.2, 0.25) is 0 Å². The molecule has 0 saturated carbocycles. The Morgan fingerprint density at radius 3 is 2.64 bits per heavy atom. The van der Waals surface area contributed by atoms with Gasteiger partial charge in [0, 0.05) is 31.0 Å². The zero-order valence-electron chi connectivity index (χ0n) is 19.6. The van der Waals surface area contributed by atoms with Crippen LogP contribution in [0, 0.1) is 19.8 Å².